The van der Waals surface area contributed by atoms with Gasteiger partial charge in [-0.2, -0.15) is 0 Å². The van der Waals surface area contributed by atoms with E-state index < -0.39 is 0 Å². The Hall–Kier alpha value is -1.29. The molecule has 1 aromatic heterocycles. The quantitative estimate of drug-likeness (QED) is 0.775. The molecule has 21 heavy (non-hydrogen) atoms. The molecular formula is C17H21BrN2O. The van der Waals surface area contributed by atoms with Gasteiger partial charge in [-0.3, -0.25) is 0 Å². The van der Waals surface area contributed by atoms with Crippen LogP contribution in [0.1, 0.15) is 44.2 Å². The number of anilines is 1. The third kappa shape index (κ3) is 3.31. The predicted molar refractivity (Wildman–Crippen MR) is 88.9 cm³/mol. The number of aromatic nitrogens is 1. The summed E-state index contributed by atoms with van der Waals surface area (Å²) in [5.74, 6) is 1.13. The van der Waals surface area contributed by atoms with E-state index in [1.807, 2.05) is 18.2 Å². The highest BCUT2D eigenvalue weighted by molar-refractivity contribution is 9.10. The Bertz CT molecular complexity index is 601. The minimum atomic E-state index is 0.422. The topological polar surface area (TPSA) is 52.0 Å². The number of nitrogen functional groups attached to an aromatic ring is 1. The third-order valence-corrected chi connectivity index (χ3v) is 5.08. The second-order valence-corrected chi connectivity index (χ2v) is 6.76. The average Bonchev–Trinajstić information content (AvgIpc) is 2.69. The summed E-state index contributed by atoms with van der Waals surface area (Å²) in [7, 11) is 0. The number of hydrogen-bond acceptors (Lipinski definition) is 3. The summed E-state index contributed by atoms with van der Waals surface area (Å²) < 4.78 is 6.31. The molecule has 4 heteroatoms. The van der Waals surface area contributed by atoms with Crippen LogP contribution in [-0.4, -0.2) is 5.16 Å². The molecule has 112 valence electrons. The van der Waals surface area contributed by atoms with Crippen LogP contribution in [0.4, 0.5) is 5.88 Å². The summed E-state index contributed by atoms with van der Waals surface area (Å²) in [5.41, 5.74) is 9.07. The van der Waals surface area contributed by atoms with Crippen molar-refractivity contribution in [3.05, 3.63) is 34.4 Å². The van der Waals surface area contributed by atoms with E-state index in [9.17, 15) is 0 Å². The van der Waals surface area contributed by atoms with Crippen molar-refractivity contribution in [2.24, 2.45) is 5.92 Å². The molecule has 3 nitrogen and oxygen atoms in total. The van der Waals surface area contributed by atoms with Crippen molar-refractivity contribution in [3.63, 3.8) is 0 Å². The first-order chi connectivity index (χ1) is 10.3. The molecular weight excluding hydrogens is 328 g/mol. The molecule has 0 unspecified atom stereocenters. The van der Waals surface area contributed by atoms with E-state index >= 15 is 0 Å². The van der Waals surface area contributed by atoms with Crippen molar-refractivity contribution >= 4 is 21.8 Å². The Balaban J connectivity index is 1.88. The second kappa shape index (κ2) is 6.65. The van der Waals surface area contributed by atoms with Crippen molar-refractivity contribution in [3.8, 4) is 11.1 Å². The first kappa shape index (κ1) is 14.6. The van der Waals surface area contributed by atoms with Crippen LogP contribution < -0.4 is 5.73 Å². The summed E-state index contributed by atoms with van der Waals surface area (Å²) in [6.45, 7) is 0. The maximum atomic E-state index is 6.03. The number of hydrogen-bond donors (Lipinski definition) is 1. The van der Waals surface area contributed by atoms with Crippen LogP contribution in [0.5, 0.6) is 0 Å². The molecule has 1 aromatic carbocycles. The zero-order valence-electron chi connectivity index (χ0n) is 12.1. The smallest absolute Gasteiger partial charge is 0.230 e. The van der Waals surface area contributed by atoms with E-state index in [1.165, 1.54) is 38.5 Å². The van der Waals surface area contributed by atoms with Gasteiger partial charge in [-0.15, -0.1) is 0 Å². The zero-order valence-corrected chi connectivity index (χ0v) is 13.7. The van der Waals surface area contributed by atoms with Gasteiger partial charge in [0.1, 0.15) is 0 Å². The summed E-state index contributed by atoms with van der Waals surface area (Å²) in [6.07, 6.45) is 8.97. The number of benzene rings is 1. The van der Waals surface area contributed by atoms with Crippen molar-refractivity contribution in [1.29, 1.82) is 0 Å². The van der Waals surface area contributed by atoms with E-state index in [0.29, 0.717) is 11.8 Å². The standard InChI is InChI=1S/C17H21BrN2O/c18-14-10-6-5-9-13(14)16-15(20-21-17(16)19)11-12-7-3-1-2-4-8-12/h5-6,9-10,12H,1-4,7-8,11,19H2. The maximum Gasteiger partial charge on any atom is 0.230 e. The van der Waals surface area contributed by atoms with Crippen LogP contribution in [0.2, 0.25) is 0 Å². The van der Waals surface area contributed by atoms with Crippen molar-refractivity contribution in [2.45, 2.75) is 44.9 Å². The molecule has 0 aliphatic heterocycles. The Labute approximate surface area is 134 Å². The second-order valence-electron chi connectivity index (χ2n) is 5.91. The lowest BCUT2D eigenvalue weighted by Crippen LogP contribution is -2.05. The Morgan fingerprint density at radius 3 is 2.57 bits per heavy atom. The highest BCUT2D eigenvalue weighted by Gasteiger charge is 2.21. The fraction of sp³-hybridized carbons (Fsp3) is 0.471. The van der Waals surface area contributed by atoms with Crippen molar-refractivity contribution < 1.29 is 4.52 Å². The normalized spacial score (nSPS) is 16.8. The van der Waals surface area contributed by atoms with Gasteiger partial charge in [0.25, 0.3) is 0 Å². The average molecular weight is 349 g/mol. The number of rotatable bonds is 3. The van der Waals surface area contributed by atoms with Crippen LogP contribution in [0.3, 0.4) is 0 Å². The SMILES string of the molecule is Nc1onc(CC2CCCCCC2)c1-c1ccccc1Br. The Morgan fingerprint density at radius 2 is 1.86 bits per heavy atom. The lowest BCUT2D eigenvalue weighted by molar-refractivity contribution is 0.403. The fourth-order valence-corrected chi connectivity index (χ4v) is 3.75. The molecule has 1 fully saturated rings. The van der Waals surface area contributed by atoms with E-state index in [2.05, 4.69) is 27.2 Å². The molecule has 3 rings (SSSR count). The molecule has 1 saturated carbocycles. The lowest BCUT2D eigenvalue weighted by atomic mass is 9.92. The number of nitrogens with two attached hydrogens (primary N) is 1. The molecule has 0 atom stereocenters. The first-order valence-electron chi connectivity index (χ1n) is 7.74. The minimum Gasteiger partial charge on any atom is -0.367 e. The highest BCUT2D eigenvalue weighted by Crippen LogP contribution is 2.37. The fourth-order valence-electron chi connectivity index (χ4n) is 3.27. The molecule has 0 spiro atoms. The van der Waals surface area contributed by atoms with E-state index in [1.54, 1.807) is 0 Å². The van der Waals surface area contributed by atoms with Gasteiger partial charge in [-0.1, -0.05) is 77.8 Å². The van der Waals surface area contributed by atoms with Gasteiger partial charge in [0, 0.05) is 10.0 Å². The van der Waals surface area contributed by atoms with Gasteiger partial charge in [-0.05, 0) is 18.4 Å². The molecule has 1 aliphatic carbocycles. The van der Waals surface area contributed by atoms with Gasteiger partial charge in [0.2, 0.25) is 5.88 Å². The van der Waals surface area contributed by atoms with Crippen LogP contribution in [0.15, 0.2) is 33.3 Å². The Kier molecular flexibility index (Phi) is 4.63. The van der Waals surface area contributed by atoms with Gasteiger partial charge >= 0.3 is 0 Å². The summed E-state index contributed by atoms with van der Waals surface area (Å²) in [6, 6.07) is 8.10. The van der Waals surface area contributed by atoms with E-state index in [0.717, 1.165) is 27.7 Å². The minimum absolute atomic E-state index is 0.422. The van der Waals surface area contributed by atoms with Gasteiger partial charge < -0.3 is 10.3 Å². The monoisotopic (exact) mass is 348 g/mol. The molecule has 1 heterocycles. The van der Waals surface area contributed by atoms with Crippen LogP contribution >= 0.6 is 15.9 Å². The molecule has 2 N–H and O–H groups in total. The van der Waals surface area contributed by atoms with E-state index in [-0.39, 0.29) is 0 Å². The highest BCUT2D eigenvalue weighted by atomic mass is 79.9. The predicted octanol–water partition coefficient (Wildman–Crippen LogP) is 5.20. The number of nitrogens with zero attached hydrogens (tertiary/aromatic N) is 1. The molecule has 0 bridgehead atoms. The lowest BCUT2D eigenvalue weighted by Gasteiger charge is -2.13. The van der Waals surface area contributed by atoms with Crippen molar-refractivity contribution in [2.75, 3.05) is 5.73 Å². The van der Waals surface area contributed by atoms with Crippen molar-refractivity contribution in [1.82, 2.24) is 5.16 Å². The largest absolute Gasteiger partial charge is 0.367 e. The molecule has 0 amide bonds. The third-order valence-electron chi connectivity index (χ3n) is 4.39. The molecule has 0 radical (unpaired) electrons. The molecule has 2 aromatic rings. The van der Waals surface area contributed by atoms with E-state index in [4.69, 9.17) is 10.3 Å². The van der Waals surface area contributed by atoms with Gasteiger partial charge in [-0.25, -0.2) is 0 Å². The summed E-state index contributed by atoms with van der Waals surface area (Å²) in [5, 5.41) is 4.24. The van der Waals surface area contributed by atoms with Crippen LogP contribution in [0, 0.1) is 5.92 Å². The van der Waals surface area contributed by atoms with Gasteiger partial charge in [0.05, 0.1) is 11.3 Å². The number of halogens is 1. The molecule has 1 aliphatic rings. The first-order valence-corrected chi connectivity index (χ1v) is 8.54. The molecule has 0 saturated heterocycles. The Morgan fingerprint density at radius 1 is 1.14 bits per heavy atom. The summed E-state index contributed by atoms with van der Waals surface area (Å²) in [4.78, 5) is 0. The van der Waals surface area contributed by atoms with Crippen LogP contribution in [-0.2, 0) is 6.42 Å². The maximum absolute atomic E-state index is 6.03. The van der Waals surface area contributed by atoms with Gasteiger partial charge in [0.15, 0.2) is 0 Å². The van der Waals surface area contributed by atoms with Crippen LogP contribution in [0.25, 0.3) is 11.1 Å². The zero-order chi connectivity index (χ0) is 14.7. The summed E-state index contributed by atoms with van der Waals surface area (Å²) >= 11 is 3.60.